The number of alkyl halides is 3. The van der Waals surface area contributed by atoms with Crippen LogP contribution in [0.4, 0.5) is 13.2 Å². The van der Waals surface area contributed by atoms with Crippen molar-refractivity contribution in [3.8, 4) is 17.0 Å². The van der Waals surface area contributed by atoms with Gasteiger partial charge in [-0.2, -0.15) is 13.2 Å². The largest absolute Gasteiger partial charge is 0.480 e. The molecule has 0 saturated carbocycles. The van der Waals surface area contributed by atoms with E-state index in [-0.39, 0.29) is 11.4 Å². The summed E-state index contributed by atoms with van der Waals surface area (Å²) < 4.78 is 47.2. The maximum absolute atomic E-state index is 12.5. The third kappa shape index (κ3) is 3.19. The number of benzene rings is 1. The number of carbonyl (C=O) groups excluding carboxylic acids is 1. The molecule has 2 aromatic rings. The minimum absolute atomic E-state index is 0.0857. The van der Waals surface area contributed by atoms with Crippen LogP contribution in [-0.2, 0) is 10.9 Å². The molecule has 1 heterocycles. The van der Waals surface area contributed by atoms with E-state index in [1.165, 1.54) is 38.6 Å². The van der Waals surface area contributed by atoms with Gasteiger partial charge >= 0.3 is 12.1 Å². The molecule has 0 aliphatic heterocycles. The van der Waals surface area contributed by atoms with Crippen molar-refractivity contribution < 1.29 is 27.4 Å². The van der Waals surface area contributed by atoms with Crippen molar-refractivity contribution in [2.75, 3.05) is 14.2 Å². The SMILES string of the molecule is COC(=O)c1cc(-c2ccc(C(F)(F)F)cc2)cnc1OC. The fraction of sp³-hybridized carbons (Fsp3) is 0.200. The minimum Gasteiger partial charge on any atom is -0.480 e. The number of carbonyl (C=O) groups is 1. The van der Waals surface area contributed by atoms with E-state index >= 15 is 0 Å². The van der Waals surface area contributed by atoms with Gasteiger partial charge in [0.25, 0.3) is 0 Å². The van der Waals surface area contributed by atoms with Crippen LogP contribution in [0.2, 0.25) is 0 Å². The normalized spacial score (nSPS) is 11.1. The van der Waals surface area contributed by atoms with Gasteiger partial charge in [0, 0.05) is 11.8 Å². The molecule has 0 amide bonds. The van der Waals surface area contributed by atoms with Gasteiger partial charge < -0.3 is 9.47 Å². The molecule has 0 radical (unpaired) electrons. The van der Waals surface area contributed by atoms with E-state index in [4.69, 9.17) is 4.74 Å². The third-order valence-electron chi connectivity index (χ3n) is 3.00. The van der Waals surface area contributed by atoms with Gasteiger partial charge in [0.05, 0.1) is 19.8 Å². The summed E-state index contributed by atoms with van der Waals surface area (Å²) >= 11 is 0. The molecule has 2 rings (SSSR count). The molecule has 0 aliphatic rings. The van der Waals surface area contributed by atoms with E-state index in [1.807, 2.05) is 0 Å². The van der Waals surface area contributed by atoms with Crippen LogP contribution >= 0.6 is 0 Å². The topological polar surface area (TPSA) is 48.4 Å². The first kappa shape index (κ1) is 15.8. The maximum Gasteiger partial charge on any atom is 0.416 e. The molecule has 116 valence electrons. The zero-order valence-corrected chi connectivity index (χ0v) is 11.8. The first-order valence-corrected chi connectivity index (χ1v) is 6.17. The summed E-state index contributed by atoms with van der Waals surface area (Å²) in [5.41, 5.74) is 0.330. The standard InChI is InChI=1S/C15H12F3NO3/c1-21-13-12(14(20)22-2)7-10(8-19-13)9-3-5-11(6-4-9)15(16,17)18/h3-8H,1-2H3. The molecule has 0 N–H and O–H groups in total. The lowest BCUT2D eigenvalue weighted by Crippen LogP contribution is -2.06. The highest BCUT2D eigenvalue weighted by Gasteiger charge is 2.30. The lowest BCUT2D eigenvalue weighted by atomic mass is 10.0. The van der Waals surface area contributed by atoms with Crippen molar-refractivity contribution in [1.82, 2.24) is 4.98 Å². The molecule has 1 aromatic heterocycles. The zero-order chi connectivity index (χ0) is 16.3. The Morgan fingerprint density at radius 2 is 1.73 bits per heavy atom. The predicted molar refractivity (Wildman–Crippen MR) is 72.6 cm³/mol. The molecular formula is C15H12F3NO3. The quantitative estimate of drug-likeness (QED) is 0.813. The van der Waals surface area contributed by atoms with Gasteiger partial charge in [-0.15, -0.1) is 0 Å². The van der Waals surface area contributed by atoms with Crippen molar-refractivity contribution in [3.63, 3.8) is 0 Å². The van der Waals surface area contributed by atoms with Gasteiger partial charge in [-0.3, -0.25) is 0 Å². The van der Waals surface area contributed by atoms with Crippen molar-refractivity contribution in [1.29, 1.82) is 0 Å². The second-order valence-electron chi connectivity index (χ2n) is 4.35. The Hall–Kier alpha value is -2.57. The van der Waals surface area contributed by atoms with Crippen LogP contribution in [0, 0.1) is 0 Å². The van der Waals surface area contributed by atoms with E-state index < -0.39 is 17.7 Å². The Morgan fingerprint density at radius 3 is 2.23 bits per heavy atom. The van der Waals surface area contributed by atoms with Gasteiger partial charge in [-0.1, -0.05) is 12.1 Å². The molecular weight excluding hydrogens is 299 g/mol. The van der Waals surface area contributed by atoms with Crippen molar-refractivity contribution in [2.45, 2.75) is 6.18 Å². The Kier molecular flexibility index (Phi) is 4.35. The third-order valence-corrected chi connectivity index (χ3v) is 3.00. The number of pyridine rings is 1. The second-order valence-corrected chi connectivity index (χ2v) is 4.35. The number of hydrogen-bond acceptors (Lipinski definition) is 4. The molecule has 22 heavy (non-hydrogen) atoms. The maximum atomic E-state index is 12.5. The first-order chi connectivity index (χ1) is 10.4. The van der Waals surface area contributed by atoms with E-state index in [0.29, 0.717) is 11.1 Å². The molecule has 0 saturated heterocycles. The van der Waals surface area contributed by atoms with Crippen molar-refractivity contribution >= 4 is 5.97 Å². The molecule has 0 unspecified atom stereocenters. The summed E-state index contributed by atoms with van der Waals surface area (Å²) in [7, 11) is 2.57. The lowest BCUT2D eigenvalue weighted by Gasteiger charge is -2.10. The Bertz CT molecular complexity index is 681. The molecule has 0 bridgehead atoms. The van der Waals surface area contributed by atoms with Crippen molar-refractivity contribution in [2.24, 2.45) is 0 Å². The van der Waals surface area contributed by atoms with Crippen LogP contribution in [0.3, 0.4) is 0 Å². The summed E-state index contributed by atoms with van der Waals surface area (Å²) in [4.78, 5) is 15.6. The summed E-state index contributed by atoms with van der Waals surface area (Å²) in [6.45, 7) is 0. The van der Waals surface area contributed by atoms with Gasteiger partial charge in [0.15, 0.2) is 0 Å². The van der Waals surface area contributed by atoms with Crippen LogP contribution in [0.5, 0.6) is 5.88 Å². The highest BCUT2D eigenvalue weighted by atomic mass is 19.4. The number of halogens is 3. The van der Waals surface area contributed by atoms with Gasteiger partial charge in [-0.25, -0.2) is 9.78 Å². The minimum atomic E-state index is -4.39. The lowest BCUT2D eigenvalue weighted by molar-refractivity contribution is -0.137. The number of ether oxygens (including phenoxy) is 2. The number of hydrogen-bond donors (Lipinski definition) is 0. The summed E-state index contributed by atoms with van der Waals surface area (Å²) in [6, 6.07) is 6.02. The average molecular weight is 311 g/mol. The number of nitrogens with zero attached hydrogens (tertiary/aromatic N) is 1. The number of rotatable bonds is 3. The van der Waals surface area contributed by atoms with E-state index in [9.17, 15) is 18.0 Å². The van der Waals surface area contributed by atoms with Crippen LogP contribution in [0.1, 0.15) is 15.9 Å². The molecule has 0 atom stereocenters. The van der Waals surface area contributed by atoms with Gasteiger partial charge in [-0.05, 0) is 23.8 Å². The molecule has 4 nitrogen and oxygen atoms in total. The molecule has 1 aromatic carbocycles. The molecule has 0 spiro atoms. The Labute approximate surface area is 124 Å². The van der Waals surface area contributed by atoms with Crippen molar-refractivity contribution in [3.05, 3.63) is 47.7 Å². The molecule has 0 fully saturated rings. The summed E-state index contributed by atoms with van der Waals surface area (Å²) in [5, 5.41) is 0. The number of esters is 1. The smallest absolute Gasteiger partial charge is 0.416 e. The summed E-state index contributed by atoms with van der Waals surface area (Å²) in [6.07, 6.45) is -2.98. The number of methoxy groups -OCH3 is 2. The molecule has 7 heteroatoms. The Balaban J connectivity index is 2.43. The predicted octanol–water partition coefficient (Wildman–Crippen LogP) is 3.56. The van der Waals surface area contributed by atoms with E-state index in [0.717, 1.165) is 12.1 Å². The number of aromatic nitrogens is 1. The zero-order valence-electron chi connectivity index (χ0n) is 11.8. The summed E-state index contributed by atoms with van der Waals surface area (Å²) in [5.74, 6) is -0.555. The van der Waals surface area contributed by atoms with E-state index in [2.05, 4.69) is 9.72 Å². The first-order valence-electron chi connectivity index (χ1n) is 6.17. The van der Waals surface area contributed by atoms with Crippen LogP contribution in [0.25, 0.3) is 11.1 Å². The monoisotopic (exact) mass is 311 g/mol. The van der Waals surface area contributed by atoms with E-state index in [1.54, 1.807) is 0 Å². The second kappa shape index (κ2) is 6.05. The van der Waals surface area contributed by atoms with Gasteiger partial charge in [0.1, 0.15) is 5.56 Å². The highest BCUT2D eigenvalue weighted by molar-refractivity contribution is 5.93. The van der Waals surface area contributed by atoms with Gasteiger partial charge in [0.2, 0.25) is 5.88 Å². The fourth-order valence-corrected chi connectivity index (χ4v) is 1.88. The van der Waals surface area contributed by atoms with Crippen LogP contribution in [0.15, 0.2) is 36.5 Å². The average Bonchev–Trinajstić information content (AvgIpc) is 2.52. The van der Waals surface area contributed by atoms with Crippen LogP contribution < -0.4 is 4.74 Å². The fourth-order valence-electron chi connectivity index (χ4n) is 1.88. The molecule has 0 aliphatic carbocycles. The Morgan fingerprint density at radius 1 is 1.09 bits per heavy atom. The highest BCUT2D eigenvalue weighted by Crippen LogP contribution is 2.31. The van der Waals surface area contributed by atoms with Crippen LogP contribution in [-0.4, -0.2) is 25.2 Å².